The zero-order valence-corrected chi connectivity index (χ0v) is 16.5. The molecule has 0 unspecified atom stereocenters. The molecule has 1 N–H and O–H groups in total. The van der Waals surface area contributed by atoms with Crippen LogP contribution in [0.1, 0.15) is 49.8 Å². The first kappa shape index (κ1) is 18.3. The summed E-state index contributed by atoms with van der Waals surface area (Å²) in [7, 11) is 0. The summed E-state index contributed by atoms with van der Waals surface area (Å²) in [5.74, 6) is 0.301. The predicted molar refractivity (Wildman–Crippen MR) is 105 cm³/mol. The van der Waals surface area contributed by atoms with Crippen molar-refractivity contribution in [3.8, 4) is 0 Å². The first-order chi connectivity index (χ1) is 11.8. The highest BCUT2D eigenvalue weighted by Crippen LogP contribution is 2.43. The number of Topliss-reactive ketones (excluding diaryl/α,β-unsaturated/α-hetero) is 1. The third kappa shape index (κ3) is 4.04. The fourth-order valence-corrected chi connectivity index (χ4v) is 4.30. The Morgan fingerprint density at radius 3 is 2.52 bits per heavy atom. The first-order valence-electron chi connectivity index (χ1n) is 8.89. The minimum Gasteiger partial charge on any atom is -0.390 e. The standard InChI is InChI=1S/C22H25BrO2/c1-21(2,25)12-13-22(15-16-6-4-3-5-7-16)19-10-9-18(23)14-17(19)8-11-20(22)24/h3-7,9-10,14,25H,8,11-13,15H2,1-2H3/t22-/m1/s1. The molecule has 0 radical (unpaired) electrons. The molecule has 0 aliphatic heterocycles. The van der Waals surface area contributed by atoms with Crippen molar-refractivity contribution in [2.45, 2.75) is 57.0 Å². The van der Waals surface area contributed by atoms with Crippen LogP contribution in [-0.4, -0.2) is 16.5 Å². The number of ketones is 1. The van der Waals surface area contributed by atoms with E-state index in [2.05, 4.69) is 40.2 Å². The van der Waals surface area contributed by atoms with Crippen LogP contribution >= 0.6 is 15.9 Å². The van der Waals surface area contributed by atoms with Crippen LogP contribution in [0.5, 0.6) is 0 Å². The van der Waals surface area contributed by atoms with Crippen molar-refractivity contribution in [2.24, 2.45) is 0 Å². The largest absolute Gasteiger partial charge is 0.390 e. The van der Waals surface area contributed by atoms with Gasteiger partial charge in [-0.2, -0.15) is 0 Å². The summed E-state index contributed by atoms with van der Waals surface area (Å²) in [5.41, 5.74) is 2.23. The van der Waals surface area contributed by atoms with Crippen LogP contribution in [0.15, 0.2) is 53.0 Å². The lowest BCUT2D eigenvalue weighted by Crippen LogP contribution is -2.43. The van der Waals surface area contributed by atoms with Crippen LogP contribution in [0.2, 0.25) is 0 Å². The van der Waals surface area contributed by atoms with E-state index in [0.717, 1.165) is 16.5 Å². The van der Waals surface area contributed by atoms with E-state index in [9.17, 15) is 9.90 Å². The number of carbonyl (C=O) groups is 1. The van der Waals surface area contributed by atoms with Gasteiger partial charge in [0, 0.05) is 10.9 Å². The molecular weight excluding hydrogens is 376 g/mol. The third-order valence-corrected chi connectivity index (χ3v) is 5.74. The Hall–Kier alpha value is -1.45. The lowest BCUT2D eigenvalue weighted by atomic mass is 9.63. The zero-order valence-electron chi connectivity index (χ0n) is 14.9. The molecule has 0 bridgehead atoms. The Morgan fingerprint density at radius 2 is 1.84 bits per heavy atom. The van der Waals surface area contributed by atoms with Gasteiger partial charge in [-0.05, 0) is 68.4 Å². The maximum atomic E-state index is 13.2. The van der Waals surface area contributed by atoms with Gasteiger partial charge in [-0.3, -0.25) is 4.79 Å². The topological polar surface area (TPSA) is 37.3 Å². The van der Waals surface area contributed by atoms with Crippen LogP contribution in [0.4, 0.5) is 0 Å². The van der Waals surface area contributed by atoms with E-state index in [1.165, 1.54) is 11.1 Å². The Morgan fingerprint density at radius 1 is 1.12 bits per heavy atom. The molecule has 0 fully saturated rings. The second-order valence-corrected chi connectivity index (χ2v) is 8.70. The number of halogens is 1. The molecule has 0 aromatic heterocycles. The SMILES string of the molecule is CC(C)(O)CC[C@]1(Cc2ccccc2)C(=O)CCc2cc(Br)ccc21. The molecular formula is C22H25BrO2. The van der Waals surface area contributed by atoms with Gasteiger partial charge in [0.2, 0.25) is 0 Å². The van der Waals surface area contributed by atoms with Gasteiger partial charge in [0.1, 0.15) is 5.78 Å². The maximum Gasteiger partial charge on any atom is 0.144 e. The number of rotatable bonds is 5. The minimum atomic E-state index is -0.781. The fraction of sp³-hybridized carbons (Fsp3) is 0.409. The summed E-state index contributed by atoms with van der Waals surface area (Å²) in [6, 6.07) is 16.5. The molecule has 2 aromatic carbocycles. The van der Waals surface area contributed by atoms with Crippen LogP contribution in [0.25, 0.3) is 0 Å². The van der Waals surface area contributed by atoms with Crippen LogP contribution in [-0.2, 0) is 23.1 Å². The van der Waals surface area contributed by atoms with Crippen molar-refractivity contribution in [3.63, 3.8) is 0 Å². The summed E-state index contributed by atoms with van der Waals surface area (Å²) in [4.78, 5) is 13.2. The van der Waals surface area contributed by atoms with E-state index >= 15 is 0 Å². The molecule has 132 valence electrons. The molecule has 1 aliphatic rings. The van der Waals surface area contributed by atoms with Gasteiger partial charge in [-0.1, -0.05) is 52.3 Å². The summed E-state index contributed by atoms with van der Waals surface area (Å²) in [5, 5.41) is 10.3. The molecule has 0 amide bonds. The molecule has 3 heteroatoms. The second-order valence-electron chi connectivity index (χ2n) is 7.78. The van der Waals surface area contributed by atoms with E-state index in [1.807, 2.05) is 38.1 Å². The second kappa shape index (κ2) is 7.05. The number of benzene rings is 2. The monoisotopic (exact) mass is 400 g/mol. The molecule has 1 atom stereocenters. The highest BCUT2D eigenvalue weighted by Gasteiger charge is 2.44. The van der Waals surface area contributed by atoms with Gasteiger partial charge in [0.05, 0.1) is 11.0 Å². The van der Waals surface area contributed by atoms with E-state index in [0.29, 0.717) is 31.5 Å². The number of aryl methyl sites for hydroxylation is 1. The predicted octanol–water partition coefficient (Wildman–Crippen LogP) is 5.00. The molecule has 0 heterocycles. The normalized spacial score (nSPS) is 20.4. The minimum absolute atomic E-state index is 0.301. The number of hydrogen-bond acceptors (Lipinski definition) is 2. The van der Waals surface area contributed by atoms with Crippen molar-refractivity contribution < 1.29 is 9.90 Å². The van der Waals surface area contributed by atoms with Crippen molar-refractivity contribution in [3.05, 3.63) is 69.7 Å². The lowest BCUT2D eigenvalue weighted by molar-refractivity contribution is -0.126. The maximum absolute atomic E-state index is 13.2. The molecule has 1 aliphatic carbocycles. The van der Waals surface area contributed by atoms with E-state index in [-0.39, 0.29) is 0 Å². The Labute approximate surface area is 158 Å². The average molecular weight is 401 g/mol. The highest BCUT2D eigenvalue weighted by atomic mass is 79.9. The lowest BCUT2D eigenvalue weighted by Gasteiger charge is -2.39. The van der Waals surface area contributed by atoms with E-state index in [4.69, 9.17) is 0 Å². The molecule has 0 spiro atoms. The summed E-state index contributed by atoms with van der Waals surface area (Å²) in [6.45, 7) is 3.64. The smallest absolute Gasteiger partial charge is 0.144 e. The van der Waals surface area contributed by atoms with Crippen molar-refractivity contribution in [2.75, 3.05) is 0 Å². The van der Waals surface area contributed by atoms with E-state index in [1.54, 1.807) is 0 Å². The van der Waals surface area contributed by atoms with E-state index < -0.39 is 11.0 Å². The zero-order chi connectivity index (χ0) is 18.1. The summed E-state index contributed by atoms with van der Waals surface area (Å²) < 4.78 is 1.05. The summed E-state index contributed by atoms with van der Waals surface area (Å²) >= 11 is 3.56. The molecule has 25 heavy (non-hydrogen) atoms. The van der Waals surface area contributed by atoms with Crippen molar-refractivity contribution in [1.29, 1.82) is 0 Å². The van der Waals surface area contributed by atoms with Crippen LogP contribution < -0.4 is 0 Å². The average Bonchev–Trinajstić information content (AvgIpc) is 2.56. The number of fused-ring (bicyclic) bond motifs is 1. The number of carbonyl (C=O) groups excluding carboxylic acids is 1. The first-order valence-corrected chi connectivity index (χ1v) is 9.68. The fourth-order valence-electron chi connectivity index (χ4n) is 3.89. The number of aliphatic hydroxyl groups is 1. The van der Waals surface area contributed by atoms with Crippen molar-refractivity contribution in [1.82, 2.24) is 0 Å². The third-order valence-electron chi connectivity index (χ3n) is 5.25. The van der Waals surface area contributed by atoms with Crippen LogP contribution in [0.3, 0.4) is 0 Å². The Bertz CT molecular complexity index is 761. The van der Waals surface area contributed by atoms with Gasteiger partial charge >= 0.3 is 0 Å². The number of hydrogen-bond donors (Lipinski definition) is 1. The molecule has 3 rings (SSSR count). The summed E-state index contributed by atoms with van der Waals surface area (Å²) in [6.07, 6.45) is 3.33. The van der Waals surface area contributed by atoms with Gasteiger partial charge in [-0.15, -0.1) is 0 Å². The van der Waals surface area contributed by atoms with Crippen molar-refractivity contribution >= 4 is 21.7 Å². The van der Waals surface area contributed by atoms with Gasteiger partial charge in [0.25, 0.3) is 0 Å². The Balaban J connectivity index is 2.08. The molecule has 0 saturated heterocycles. The van der Waals surface area contributed by atoms with Gasteiger partial charge < -0.3 is 5.11 Å². The molecule has 2 aromatic rings. The Kier molecular flexibility index (Phi) is 5.17. The molecule has 2 nitrogen and oxygen atoms in total. The van der Waals surface area contributed by atoms with Crippen LogP contribution in [0, 0.1) is 0 Å². The van der Waals surface area contributed by atoms with Gasteiger partial charge in [0.15, 0.2) is 0 Å². The highest BCUT2D eigenvalue weighted by molar-refractivity contribution is 9.10. The quantitative estimate of drug-likeness (QED) is 0.766. The molecule has 0 saturated carbocycles. The van der Waals surface area contributed by atoms with Gasteiger partial charge in [-0.25, -0.2) is 0 Å².